The average Bonchev–Trinajstić information content (AvgIpc) is 2.83. The van der Waals surface area contributed by atoms with Gasteiger partial charge in [-0.2, -0.15) is 0 Å². The summed E-state index contributed by atoms with van der Waals surface area (Å²) in [4.78, 5) is 11.8. The normalized spacial score (nSPS) is 23.4. The monoisotopic (exact) mass is 266 g/mol. The zero-order valence-corrected chi connectivity index (χ0v) is 11.9. The largest absolute Gasteiger partial charge is 0.466 e. The molecule has 1 aliphatic heterocycles. The Kier molecular flexibility index (Phi) is 3.85. The van der Waals surface area contributed by atoms with Gasteiger partial charge in [0.2, 0.25) is 0 Å². The number of nitrogens with one attached hydrogen (secondary N) is 2. The van der Waals surface area contributed by atoms with Crippen LogP contribution in [0.1, 0.15) is 38.2 Å². The lowest BCUT2D eigenvalue weighted by atomic mass is 10.0. The molecule has 0 radical (unpaired) electrons. The minimum Gasteiger partial charge on any atom is -0.466 e. The molecule has 1 saturated heterocycles. The molecule has 1 aliphatic rings. The van der Waals surface area contributed by atoms with E-state index >= 15 is 0 Å². The van der Waals surface area contributed by atoms with Gasteiger partial charge in [0.1, 0.15) is 17.1 Å². The van der Waals surface area contributed by atoms with E-state index in [-0.39, 0.29) is 18.1 Å². The predicted octanol–water partition coefficient (Wildman–Crippen LogP) is 2.17. The third-order valence-corrected chi connectivity index (χ3v) is 3.04. The van der Waals surface area contributed by atoms with Crippen molar-refractivity contribution in [2.24, 2.45) is 0 Å². The summed E-state index contributed by atoms with van der Waals surface area (Å²) in [7, 11) is 0. The second kappa shape index (κ2) is 5.25. The first-order valence-corrected chi connectivity index (χ1v) is 6.62. The number of ether oxygens (including phenoxy) is 1. The van der Waals surface area contributed by atoms with Crippen LogP contribution in [0.4, 0.5) is 4.79 Å². The van der Waals surface area contributed by atoms with Crippen molar-refractivity contribution in [2.75, 3.05) is 13.1 Å². The van der Waals surface area contributed by atoms with Crippen molar-refractivity contribution < 1.29 is 13.9 Å². The van der Waals surface area contributed by atoms with Gasteiger partial charge in [-0.3, -0.25) is 0 Å². The van der Waals surface area contributed by atoms with E-state index in [0.717, 1.165) is 24.6 Å². The minimum atomic E-state index is -0.479. The van der Waals surface area contributed by atoms with E-state index in [0.29, 0.717) is 0 Å². The van der Waals surface area contributed by atoms with Gasteiger partial charge in [-0.1, -0.05) is 0 Å². The fourth-order valence-corrected chi connectivity index (χ4v) is 2.24. The van der Waals surface area contributed by atoms with E-state index in [1.54, 1.807) is 0 Å². The molecule has 1 amide bonds. The number of furan rings is 1. The Balaban J connectivity index is 1.98. The molecule has 106 valence electrons. The van der Waals surface area contributed by atoms with Gasteiger partial charge >= 0.3 is 6.09 Å². The molecule has 0 bridgehead atoms. The minimum absolute atomic E-state index is 0.000370. The molecule has 5 nitrogen and oxygen atoms in total. The lowest BCUT2D eigenvalue weighted by Gasteiger charge is -2.23. The van der Waals surface area contributed by atoms with Crippen molar-refractivity contribution in [3.8, 4) is 0 Å². The Labute approximate surface area is 113 Å². The smallest absolute Gasteiger partial charge is 0.407 e. The van der Waals surface area contributed by atoms with Crippen LogP contribution in [0, 0.1) is 6.92 Å². The standard InChI is InChI=1S/C14H22N2O3/c1-9-5-6-12(18-9)10-7-15-8-11(10)16-13(17)19-14(2,3)4/h5-6,10-11,15H,7-8H2,1-4H3,(H,16,17)/t10-,11+/m0/s1. The van der Waals surface area contributed by atoms with Crippen LogP contribution in [0.5, 0.6) is 0 Å². The number of amides is 1. The Morgan fingerprint density at radius 1 is 1.42 bits per heavy atom. The summed E-state index contributed by atoms with van der Waals surface area (Å²) in [6.45, 7) is 9.01. The highest BCUT2D eigenvalue weighted by molar-refractivity contribution is 5.68. The van der Waals surface area contributed by atoms with Crippen molar-refractivity contribution in [3.05, 3.63) is 23.7 Å². The molecule has 1 aromatic heterocycles. The van der Waals surface area contributed by atoms with Gasteiger partial charge in [-0.05, 0) is 39.8 Å². The van der Waals surface area contributed by atoms with Crippen molar-refractivity contribution in [2.45, 2.75) is 45.3 Å². The summed E-state index contributed by atoms with van der Waals surface area (Å²) >= 11 is 0. The van der Waals surface area contributed by atoms with E-state index < -0.39 is 5.60 Å². The third kappa shape index (κ3) is 3.73. The van der Waals surface area contributed by atoms with Crippen LogP contribution in [-0.2, 0) is 4.74 Å². The van der Waals surface area contributed by atoms with Crippen molar-refractivity contribution in [3.63, 3.8) is 0 Å². The molecule has 5 heteroatoms. The van der Waals surface area contributed by atoms with Gasteiger partial charge in [-0.25, -0.2) is 4.79 Å². The highest BCUT2D eigenvalue weighted by atomic mass is 16.6. The Hall–Kier alpha value is -1.49. The van der Waals surface area contributed by atoms with Crippen molar-refractivity contribution >= 4 is 6.09 Å². The fourth-order valence-electron chi connectivity index (χ4n) is 2.24. The molecule has 0 spiro atoms. The third-order valence-electron chi connectivity index (χ3n) is 3.04. The van der Waals surface area contributed by atoms with Crippen LogP contribution in [0.2, 0.25) is 0 Å². The number of carbonyl (C=O) groups is 1. The summed E-state index contributed by atoms with van der Waals surface area (Å²) in [5.41, 5.74) is -0.479. The van der Waals surface area contributed by atoms with Gasteiger partial charge < -0.3 is 19.8 Å². The maximum absolute atomic E-state index is 11.8. The van der Waals surface area contributed by atoms with Crippen LogP contribution in [0.25, 0.3) is 0 Å². The predicted molar refractivity (Wildman–Crippen MR) is 72.2 cm³/mol. The molecule has 1 aromatic rings. The van der Waals surface area contributed by atoms with Gasteiger partial charge in [0.05, 0.1) is 12.0 Å². The van der Waals surface area contributed by atoms with Crippen LogP contribution in [0.15, 0.2) is 16.5 Å². The van der Waals surface area contributed by atoms with Crippen LogP contribution < -0.4 is 10.6 Å². The first kappa shape index (κ1) is 13.9. The van der Waals surface area contributed by atoms with Gasteiger partial charge in [0.25, 0.3) is 0 Å². The summed E-state index contributed by atoms with van der Waals surface area (Å²) in [6.07, 6.45) is -0.380. The second-order valence-electron chi connectivity index (χ2n) is 5.97. The molecule has 0 unspecified atom stereocenters. The first-order chi connectivity index (χ1) is 8.85. The first-order valence-electron chi connectivity index (χ1n) is 6.62. The highest BCUT2D eigenvalue weighted by Crippen LogP contribution is 2.25. The number of hydrogen-bond donors (Lipinski definition) is 2. The van der Waals surface area contributed by atoms with Gasteiger partial charge in [0.15, 0.2) is 0 Å². The molecule has 2 atom stereocenters. The van der Waals surface area contributed by atoms with E-state index in [4.69, 9.17) is 9.15 Å². The molecule has 0 saturated carbocycles. The molecule has 2 heterocycles. The quantitative estimate of drug-likeness (QED) is 0.861. The molecule has 0 aromatic carbocycles. The number of carbonyl (C=O) groups excluding carboxylic acids is 1. The van der Waals surface area contributed by atoms with Gasteiger partial charge in [0, 0.05) is 13.1 Å². The Morgan fingerprint density at radius 3 is 2.74 bits per heavy atom. The van der Waals surface area contributed by atoms with E-state index in [2.05, 4.69) is 10.6 Å². The average molecular weight is 266 g/mol. The molecule has 0 aliphatic carbocycles. The SMILES string of the molecule is Cc1ccc([C@H]2CNC[C@H]2NC(=O)OC(C)(C)C)o1. The highest BCUT2D eigenvalue weighted by Gasteiger charge is 2.32. The Bertz CT molecular complexity index is 448. The van der Waals surface area contributed by atoms with E-state index in [9.17, 15) is 4.79 Å². The summed E-state index contributed by atoms with van der Waals surface area (Å²) in [5.74, 6) is 1.95. The molecular formula is C14H22N2O3. The molecular weight excluding hydrogens is 244 g/mol. The summed E-state index contributed by atoms with van der Waals surface area (Å²) in [5, 5.41) is 6.18. The maximum Gasteiger partial charge on any atom is 0.407 e. The summed E-state index contributed by atoms with van der Waals surface area (Å²) < 4.78 is 10.9. The molecule has 1 fully saturated rings. The molecule has 2 N–H and O–H groups in total. The zero-order valence-electron chi connectivity index (χ0n) is 11.9. The van der Waals surface area contributed by atoms with Crippen molar-refractivity contribution in [1.82, 2.24) is 10.6 Å². The lowest BCUT2D eigenvalue weighted by molar-refractivity contribution is 0.0503. The lowest BCUT2D eigenvalue weighted by Crippen LogP contribution is -2.42. The number of alkyl carbamates (subject to hydrolysis) is 1. The van der Waals surface area contributed by atoms with Crippen LogP contribution in [0.3, 0.4) is 0 Å². The molecule has 19 heavy (non-hydrogen) atoms. The number of aryl methyl sites for hydroxylation is 1. The topological polar surface area (TPSA) is 63.5 Å². The molecule has 2 rings (SSSR count). The maximum atomic E-state index is 11.8. The van der Waals surface area contributed by atoms with E-state index in [1.165, 1.54) is 0 Å². The zero-order chi connectivity index (χ0) is 14.0. The second-order valence-corrected chi connectivity index (χ2v) is 5.97. The van der Waals surface area contributed by atoms with Crippen LogP contribution in [-0.4, -0.2) is 30.8 Å². The number of hydrogen-bond acceptors (Lipinski definition) is 4. The summed E-state index contributed by atoms with van der Waals surface area (Å²) in [6, 6.07) is 3.91. The number of rotatable bonds is 2. The fraction of sp³-hybridized carbons (Fsp3) is 0.643. The van der Waals surface area contributed by atoms with Crippen molar-refractivity contribution in [1.29, 1.82) is 0 Å². The van der Waals surface area contributed by atoms with E-state index in [1.807, 2.05) is 39.8 Å². The Morgan fingerprint density at radius 2 is 2.16 bits per heavy atom. The van der Waals surface area contributed by atoms with Gasteiger partial charge in [-0.15, -0.1) is 0 Å². The van der Waals surface area contributed by atoms with Crippen LogP contribution >= 0.6 is 0 Å².